The number of aromatic nitrogens is 1. The Morgan fingerprint density at radius 3 is 2.68 bits per heavy atom. The summed E-state index contributed by atoms with van der Waals surface area (Å²) in [6, 6.07) is 22.7. The van der Waals surface area contributed by atoms with E-state index in [9.17, 15) is 4.79 Å². The average molecular weight is 561 g/mol. The molecule has 1 aromatic heterocycles. The number of halogens is 1. The van der Waals surface area contributed by atoms with Gasteiger partial charge in [0.1, 0.15) is 6.61 Å². The number of terminal acetylenes is 1. The van der Waals surface area contributed by atoms with Crippen molar-refractivity contribution < 1.29 is 14.3 Å². The van der Waals surface area contributed by atoms with E-state index < -0.39 is 0 Å². The van der Waals surface area contributed by atoms with Gasteiger partial charge in [-0.05, 0) is 52.4 Å². The highest BCUT2D eigenvalue weighted by atomic mass is 127. The van der Waals surface area contributed by atoms with Crippen LogP contribution in [0.2, 0.25) is 0 Å². The monoisotopic (exact) mass is 561 g/mol. The fraction of sp³-hybridized carbons (Fsp3) is 0.0741. The third-order valence-corrected chi connectivity index (χ3v) is 5.76. The molecule has 168 valence electrons. The van der Waals surface area contributed by atoms with Crippen LogP contribution >= 0.6 is 22.6 Å². The molecule has 0 saturated heterocycles. The molecule has 0 bridgehead atoms. The van der Waals surface area contributed by atoms with Gasteiger partial charge in [0.25, 0.3) is 5.91 Å². The van der Waals surface area contributed by atoms with Crippen molar-refractivity contribution in [3.8, 4) is 35.1 Å². The van der Waals surface area contributed by atoms with E-state index in [0.717, 1.165) is 31.3 Å². The minimum atomic E-state index is -0.331. The Morgan fingerprint density at radius 1 is 1.15 bits per heavy atom. The molecule has 1 amide bonds. The number of ether oxygens (including phenoxy) is 2. The molecule has 4 aromatic rings. The number of methoxy groups -OCH3 is 1. The number of fused-ring (bicyclic) bond motifs is 1. The highest BCUT2D eigenvalue weighted by Crippen LogP contribution is 2.33. The number of pyridine rings is 1. The number of carbonyl (C=O) groups is 1. The van der Waals surface area contributed by atoms with Crippen molar-refractivity contribution in [1.82, 2.24) is 10.4 Å². The van der Waals surface area contributed by atoms with Crippen LogP contribution in [0, 0.1) is 15.9 Å². The highest BCUT2D eigenvalue weighted by molar-refractivity contribution is 14.1. The molecule has 0 radical (unpaired) electrons. The molecule has 6 nitrogen and oxygen atoms in total. The van der Waals surface area contributed by atoms with Crippen LogP contribution in [0.4, 0.5) is 0 Å². The molecule has 1 N–H and O–H groups in total. The van der Waals surface area contributed by atoms with Crippen molar-refractivity contribution in [2.45, 2.75) is 0 Å². The third-order valence-electron chi connectivity index (χ3n) is 4.96. The zero-order valence-electron chi connectivity index (χ0n) is 18.3. The molecule has 7 heteroatoms. The second kappa shape index (κ2) is 10.8. The summed E-state index contributed by atoms with van der Waals surface area (Å²) in [4.78, 5) is 17.8. The molecule has 0 aliphatic rings. The van der Waals surface area contributed by atoms with E-state index in [1.165, 1.54) is 0 Å². The third kappa shape index (κ3) is 5.18. The van der Waals surface area contributed by atoms with Crippen LogP contribution in [-0.2, 0) is 0 Å². The van der Waals surface area contributed by atoms with E-state index in [2.05, 4.69) is 39.0 Å². The highest BCUT2D eigenvalue weighted by Gasteiger charge is 2.14. The number of nitrogens with zero attached hydrogens (tertiary/aromatic N) is 2. The van der Waals surface area contributed by atoms with Gasteiger partial charge in [0, 0.05) is 10.9 Å². The Kier molecular flexibility index (Phi) is 7.40. The van der Waals surface area contributed by atoms with E-state index in [4.69, 9.17) is 20.9 Å². The van der Waals surface area contributed by atoms with Gasteiger partial charge in [-0.1, -0.05) is 54.5 Å². The zero-order chi connectivity index (χ0) is 23.9. The van der Waals surface area contributed by atoms with Crippen molar-refractivity contribution in [2.24, 2.45) is 5.10 Å². The van der Waals surface area contributed by atoms with Gasteiger partial charge < -0.3 is 9.47 Å². The number of hydrogen-bond donors (Lipinski definition) is 1. The summed E-state index contributed by atoms with van der Waals surface area (Å²) in [5.41, 5.74) is 6.24. The molecule has 0 spiro atoms. The van der Waals surface area contributed by atoms with Crippen LogP contribution in [0.5, 0.6) is 11.5 Å². The zero-order valence-corrected chi connectivity index (χ0v) is 20.4. The fourth-order valence-corrected chi connectivity index (χ4v) is 4.20. The summed E-state index contributed by atoms with van der Waals surface area (Å²) in [5.74, 6) is 3.21. The number of nitrogens with one attached hydrogen (secondary N) is 1. The van der Waals surface area contributed by atoms with Crippen LogP contribution in [-0.4, -0.2) is 30.8 Å². The summed E-state index contributed by atoms with van der Waals surface area (Å²) >= 11 is 2.14. The number of rotatable bonds is 7. The number of amides is 1. The average Bonchev–Trinajstić information content (AvgIpc) is 2.87. The van der Waals surface area contributed by atoms with Crippen molar-refractivity contribution in [1.29, 1.82) is 0 Å². The van der Waals surface area contributed by atoms with Gasteiger partial charge in [-0.15, -0.1) is 6.42 Å². The number of benzene rings is 3. The molecule has 4 rings (SSSR count). The molecule has 0 atom stereocenters. The van der Waals surface area contributed by atoms with Crippen molar-refractivity contribution in [3.05, 3.63) is 87.5 Å². The summed E-state index contributed by atoms with van der Waals surface area (Å²) in [5, 5.41) is 4.91. The first-order chi connectivity index (χ1) is 16.6. The van der Waals surface area contributed by atoms with E-state index in [1.807, 2.05) is 60.7 Å². The van der Waals surface area contributed by atoms with Crippen LogP contribution < -0.4 is 14.9 Å². The molecule has 34 heavy (non-hydrogen) atoms. The van der Waals surface area contributed by atoms with Gasteiger partial charge in [0.15, 0.2) is 11.5 Å². The summed E-state index contributed by atoms with van der Waals surface area (Å²) in [6.07, 6.45) is 6.83. The van der Waals surface area contributed by atoms with Crippen LogP contribution in [0.25, 0.3) is 22.2 Å². The van der Waals surface area contributed by atoms with Crippen LogP contribution in [0.3, 0.4) is 0 Å². The first kappa shape index (κ1) is 23.3. The van der Waals surface area contributed by atoms with Crippen molar-refractivity contribution >= 4 is 45.6 Å². The molecule has 0 fully saturated rings. The topological polar surface area (TPSA) is 72.8 Å². The van der Waals surface area contributed by atoms with E-state index >= 15 is 0 Å². The number of carbonyl (C=O) groups excluding carboxylic acids is 1. The van der Waals surface area contributed by atoms with Gasteiger partial charge in [0.2, 0.25) is 0 Å². The molecule has 0 aliphatic carbocycles. The molecule has 0 unspecified atom stereocenters. The first-order valence-corrected chi connectivity index (χ1v) is 11.4. The first-order valence-electron chi connectivity index (χ1n) is 10.3. The standard InChI is InChI=1S/C27H20IN3O3/c1-3-13-34-26-22(28)14-18(15-25(26)33-2)17-29-31-27(32)21-16-24(19-9-5-4-6-10-19)30-23-12-8-7-11-20(21)23/h1,4-12,14-17H,13H2,2H3,(H,31,32)/b29-17+. The lowest BCUT2D eigenvalue weighted by molar-refractivity contribution is 0.0956. The second-order valence-electron chi connectivity index (χ2n) is 7.16. The van der Waals surface area contributed by atoms with Crippen LogP contribution in [0.1, 0.15) is 15.9 Å². The maximum absolute atomic E-state index is 13.1. The predicted molar refractivity (Wildman–Crippen MR) is 142 cm³/mol. The summed E-state index contributed by atoms with van der Waals surface area (Å²) in [7, 11) is 1.55. The lowest BCUT2D eigenvalue weighted by Crippen LogP contribution is -2.18. The maximum Gasteiger partial charge on any atom is 0.272 e. The van der Waals surface area contributed by atoms with Crippen LogP contribution in [0.15, 0.2) is 77.9 Å². The van der Waals surface area contributed by atoms with Crippen molar-refractivity contribution in [2.75, 3.05) is 13.7 Å². The quantitative estimate of drug-likeness (QED) is 0.144. The Balaban J connectivity index is 1.61. The Labute approximate surface area is 211 Å². The Morgan fingerprint density at radius 2 is 1.91 bits per heavy atom. The van der Waals surface area contributed by atoms with Gasteiger partial charge in [-0.2, -0.15) is 5.10 Å². The fourth-order valence-electron chi connectivity index (χ4n) is 3.41. The van der Waals surface area contributed by atoms with E-state index in [1.54, 1.807) is 25.5 Å². The number of para-hydroxylation sites is 1. The maximum atomic E-state index is 13.1. The van der Waals surface area contributed by atoms with Gasteiger partial charge >= 0.3 is 0 Å². The van der Waals surface area contributed by atoms with E-state index in [-0.39, 0.29) is 12.5 Å². The number of hydrazone groups is 1. The largest absolute Gasteiger partial charge is 0.493 e. The van der Waals surface area contributed by atoms with Gasteiger partial charge in [0.05, 0.1) is 33.7 Å². The molecule has 0 saturated carbocycles. The molecule has 0 aliphatic heterocycles. The minimum Gasteiger partial charge on any atom is -0.493 e. The van der Waals surface area contributed by atoms with E-state index in [0.29, 0.717) is 17.1 Å². The lowest BCUT2D eigenvalue weighted by Gasteiger charge is -2.11. The molecule has 3 aromatic carbocycles. The van der Waals surface area contributed by atoms with Crippen molar-refractivity contribution in [3.63, 3.8) is 0 Å². The van der Waals surface area contributed by atoms with Gasteiger partial charge in [-0.25, -0.2) is 10.4 Å². The normalized spacial score (nSPS) is 10.7. The molecular formula is C27H20IN3O3. The van der Waals surface area contributed by atoms with Gasteiger partial charge in [-0.3, -0.25) is 4.79 Å². The molecule has 1 heterocycles. The summed E-state index contributed by atoms with van der Waals surface area (Å²) < 4.78 is 11.8. The summed E-state index contributed by atoms with van der Waals surface area (Å²) in [6.45, 7) is 0.140. The Bertz CT molecular complexity index is 1410. The SMILES string of the molecule is C#CCOc1c(I)cc(/C=N/NC(=O)c2cc(-c3ccccc3)nc3ccccc23)cc1OC. The second-order valence-corrected chi connectivity index (χ2v) is 8.33. The molecular weight excluding hydrogens is 541 g/mol. The smallest absolute Gasteiger partial charge is 0.272 e. The lowest BCUT2D eigenvalue weighted by atomic mass is 10.0. The Hall–Kier alpha value is -3.90. The number of hydrogen-bond acceptors (Lipinski definition) is 5. The minimum absolute atomic E-state index is 0.140. The predicted octanol–water partition coefficient (Wildman–Crippen LogP) is 5.29.